The number of hydrogen-bond donors (Lipinski definition) is 1. The van der Waals surface area contributed by atoms with Gasteiger partial charge in [0.2, 0.25) is 0 Å². The average Bonchev–Trinajstić information content (AvgIpc) is 2.17. The third-order valence-electron chi connectivity index (χ3n) is 1.96. The molecule has 2 nitrogen and oxygen atoms in total. The van der Waals surface area contributed by atoms with Crippen molar-refractivity contribution in [3.63, 3.8) is 0 Å². The van der Waals surface area contributed by atoms with Crippen LogP contribution in [0.5, 0.6) is 11.5 Å². The number of thiol groups is 1. The quantitative estimate of drug-likeness (QED) is 0.752. The van der Waals surface area contributed by atoms with Crippen LogP contribution >= 0.6 is 12.6 Å². The van der Waals surface area contributed by atoms with Gasteiger partial charge in [0, 0.05) is 11.0 Å². The molecule has 1 aromatic rings. The number of ether oxygens (including phenoxy) is 2. The molecule has 0 radical (unpaired) electrons. The van der Waals surface area contributed by atoms with Crippen molar-refractivity contribution in [1.82, 2.24) is 0 Å². The van der Waals surface area contributed by atoms with Gasteiger partial charge in [-0.1, -0.05) is 6.92 Å². The summed E-state index contributed by atoms with van der Waals surface area (Å²) in [5, 5.41) is 0. The second-order valence-electron chi connectivity index (χ2n) is 2.69. The molecule has 0 aliphatic rings. The van der Waals surface area contributed by atoms with E-state index in [9.17, 15) is 0 Å². The van der Waals surface area contributed by atoms with Crippen molar-refractivity contribution in [3.8, 4) is 11.5 Å². The molecule has 0 unspecified atom stereocenters. The van der Waals surface area contributed by atoms with Crippen LogP contribution in [-0.2, 0) is 6.42 Å². The third-order valence-corrected chi connectivity index (χ3v) is 2.31. The van der Waals surface area contributed by atoms with Gasteiger partial charge in [0.05, 0.1) is 14.2 Å². The van der Waals surface area contributed by atoms with E-state index in [4.69, 9.17) is 9.47 Å². The summed E-state index contributed by atoms with van der Waals surface area (Å²) in [6, 6.07) is 3.84. The van der Waals surface area contributed by atoms with E-state index in [-0.39, 0.29) is 0 Å². The molecule has 0 aromatic heterocycles. The van der Waals surface area contributed by atoms with E-state index in [0.29, 0.717) is 0 Å². The fraction of sp³-hybridized carbons (Fsp3) is 0.400. The highest BCUT2D eigenvalue weighted by Gasteiger charge is 2.06. The lowest BCUT2D eigenvalue weighted by Crippen LogP contribution is -1.93. The van der Waals surface area contributed by atoms with Gasteiger partial charge in [-0.15, -0.1) is 12.6 Å². The Kier molecular flexibility index (Phi) is 3.48. The largest absolute Gasteiger partial charge is 0.496 e. The van der Waals surface area contributed by atoms with Gasteiger partial charge in [-0.05, 0) is 18.1 Å². The summed E-state index contributed by atoms with van der Waals surface area (Å²) in [7, 11) is 3.28. The fourth-order valence-corrected chi connectivity index (χ4v) is 1.53. The SMILES string of the molecule is CCc1cc(S)c(OC)cc1OC. The molecule has 0 saturated heterocycles. The van der Waals surface area contributed by atoms with E-state index < -0.39 is 0 Å². The first kappa shape index (κ1) is 10.3. The van der Waals surface area contributed by atoms with Gasteiger partial charge in [-0.3, -0.25) is 0 Å². The minimum Gasteiger partial charge on any atom is -0.496 e. The topological polar surface area (TPSA) is 18.5 Å². The van der Waals surface area contributed by atoms with E-state index >= 15 is 0 Å². The van der Waals surface area contributed by atoms with Crippen molar-refractivity contribution in [2.24, 2.45) is 0 Å². The normalized spacial score (nSPS) is 9.85. The molecule has 0 spiro atoms. The molecule has 0 saturated carbocycles. The Morgan fingerprint density at radius 2 is 1.77 bits per heavy atom. The lowest BCUT2D eigenvalue weighted by Gasteiger charge is -2.10. The molecular weight excluding hydrogens is 184 g/mol. The first-order valence-electron chi connectivity index (χ1n) is 4.16. The summed E-state index contributed by atoms with van der Waals surface area (Å²) in [5.41, 5.74) is 1.15. The Labute approximate surface area is 84.3 Å². The second kappa shape index (κ2) is 4.42. The van der Waals surface area contributed by atoms with E-state index in [2.05, 4.69) is 19.6 Å². The van der Waals surface area contributed by atoms with Crippen LogP contribution in [0, 0.1) is 0 Å². The highest BCUT2D eigenvalue weighted by Crippen LogP contribution is 2.31. The Hall–Kier alpha value is -0.830. The zero-order chi connectivity index (χ0) is 9.84. The number of aryl methyl sites for hydroxylation is 1. The minimum absolute atomic E-state index is 0.748. The molecule has 0 bridgehead atoms. The monoisotopic (exact) mass is 198 g/mol. The van der Waals surface area contributed by atoms with E-state index in [1.54, 1.807) is 14.2 Å². The van der Waals surface area contributed by atoms with Crippen LogP contribution in [0.1, 0.15) is 12.5 Å². The maximum atomic E-state index is 5.22. The maximum Gasteiger partial charge on any atom is 0.135 e. The maximum absolute atomic E-state index is 5.22. The number of methoxy groups -OCH3 is 2. The smallest absolute Gasteiger partial charge is 0.135 e. The predicted octanol–water partition coefficient (Wildman–Crippen LogP) is 2.55. The highest BCUT2D eigenvalue weighted by atomic mass is 32.1. The molecule has 0 aliphatic heterocycles. The summed E-state index contributed by atoms with van der Waals surface area (Å²) < 4.78 is 10.4. The molecule has 0 aliphatic carbocycles. The first-order chi connectivity index (χ1) is 6.22. The van der Waals surface area contributed by atoms with Gasteiger partial charge in [-0.2, -0.15) is 0 Å². The molecule has 0 amide bonds. The Bertz CT molecular complexity index is 297. The summed E-state index contributed by atoms with van der Waals surface area (Å²) in [4.78, 5) is 0.847. The molecule has 1 rings (SSSR count). The van der Waals surface area contributed by atoms with E-state index in [1.165, 1.54) is 0 Å². The molecule has 72 valence electrons. The van der Waals surface area contributed by atoms with Crippen LogP contribution in [0.3, 0.4) is 0 Å². The third kappa shape index (κ3) is 2.10. The van der Waals surface area contributed by atoms with Crippen LogP contribution in [0.25, 0.3) is 0 Å². The van der Waals surface area contributed by atoms with Crippen molar-refractivity contribution >= 4 is 12.6 Å². The molecule has 0 N–H and O–H groups in total. The molecule has 3 heteroatoms. The van der Waals surface area contributed by atoms with Crippen LogP contribution < -0.4 is 9.47 Å². The summed E-state index contributed by atoms with van der Waals surface area (Å²) in [5.74, 6) is 1.61. The van der Waals surface area contributed by atoms with Gasteiger partial charge in [0.25, 0.3) is 0 Å². The minimum atomic E-state index is 0.748. The lowest BCUT2D eigenvalue weighted by atomic mass is 10.1. The standard InChI is InChI=1S/C10H14O2S/c1-4-7-5-10(13)9(12-3)6-8(7)11-2/h5-6,13H,4H2,1-3H3. The van der Waals surface area contributed by atoms with Gasteiger partial charge in [0.15, 0.2) is 0 Å². The van der Waals surface area contributed by atoms with Crippen molar-refractivity contribution in [2.45, 2.75) is 18.2 Å². The van der Waals surface area contributed by atoms with Gasteiger partial charge < -0.3 is 9.47 Å². The summed E-state index contributed by atoms with van der Waals surface area (Å²) >= 11 is 4.31. The highest BCUT2D eigenvalue weighted by molar-refractivity contribution is 7.80. The van der Waals surface area contributed by atoms with Crippen LogP contribution in [0.2, 0.25) is 0 Å². The van der Waals surface area contributed by atoms with Crippen LogP contribution in [-0.4, -0.2) is 14.2 Å². The van der Waals surface area contributed by atoms with Gasteiger partial charge >= 0.3 is 0 Å². The van der Waals surface area contributed by atoms with E-state index in [0.717, 1.165) is 28.4 Å². The number of benzene rings is 1. The van der Waals surface area contributed by atoms with Crippen molar-refractivity contribution in [2.75, 3.05) is 14.2 Å². The second-order valence-corrected chi connectivity index (χ2v) is 3.17. The predicted molar refractivity (Wildman–Crippen MR) is 56.2 cm³/mol. The molecule has 0 heterocycles. The van der Waals surface area contributed by atoms with Crippen LogP contribution in [0.15, 0.2) is 17.0 Å². The fourth-order valence-electron chi connectivity index (χ4n) is 1.22. The van der Waals surface area contributed by atoms with Gasteiger partial charge in [0.1, 0.15) is 11.5 Å². The van der Waals surface area contributed by atoms with Crippen molar-refractivity contribution in [3.05, 3.63) is 17.7 Å². The molecule has 13 heavy (non-hydrogen) atoms. The van der Waals surface area contributed by atoms with Gasteiger partial charge in [-0.25, -0.2) is 0 Å². The number of hydrogen-bond acceptors (Lipinski definition) is 3. The summed E-state index contributed by atoms with van der Waals surface area (Å²) in [6.07, 6.45) is 0.931. The summed E-state index contributed by atoms with van der Waals surface area (Å²) in [6.45, 7) is 2.08. The molecular formula is C10H14O2S. The molecule has 0 atom stereocenters. The Morgan fingerprint density at radius 1 is 1.15 bits per heavy atom. The average molecular weight is 198 g/mol. The van der Waals surface area contributed by atoms with Crippen molar-refractivity contribution in [1.29, 1.82) is 0 Å². The lowest BCUT2D eigenvalue weighted by molar-refractivity contribution is 0.385. The Morgan fingerprint density at radius 3 is 2.23 bits per heavy atom. The van der Waals surface area contributed by atoms with Crippen molar-refractivity contribution < 1.29 is 9.47 Å². The zero-order valence-electron chi connectivity index (χ0n) is 8.13. The van der Waals surface area contributed by atoms with E-state index in [1.807, 2.05) is 12.1 Å². The Balaban J connectivity index is 3.18. The molecule has 0 fully saturated rings. The number of rotatable bonds is 3. The zero-order valence-corrected chi connectivity index (χ0v) is 9.02. The first-order valence-corrected chi connectivity index (χ1v) is 4.61. The van der Waals surface area contributed by atoms with Crippen LogP contribution in [0.4, 0.5) is 0 Å². The molecule has 1 aromatic carbocycles.